The molecule has 0 N–H and O–H groups in total. The molecular formula is C31H34B2N2O4. The monoisotopic (exact) mass is 520 g/mol. The molecule has 0 unspecified atom stereocenters. The van der Waals surface area contributed by atoms with Gasteiger partial charge in [-0.25, -0.2) is 0 Å². The Morgan fingerprint density at radius 1 is 0.615 bits per heavy atom. The summed E-state index contributed by atoms with van der Waals surface area (Å²) in [6, 6.07) is 22.7. The summed E-state index contributed by atoms with van der Waals surface area (Å²) in [7, 11) is -0.953. The van der Waals surface area contributed by atoms with Crippen LogP contribution in [0.5, 0.6) is 0 Å². The number of hydrogen-bond donors (Lipinski definition) is 0. The van der Waals surface area contributed by atoms with E-state index in [-0.39, 0.29) is 0 Å². The van der Waals surface area contributed by atoms with E-state index in [4.69, 9.17) is 18.6 Å². The summed E-state index contributed by atoms with van der Waals surface area (Å²) >= 11 is 0. The number of rotatable bonds is 3. The Kier molecular flexibility index (Phi) is 5.67. The third kappa shape index (κ3) is 3.95. The van der Waals surface area contributed by atoms with E-state index in [0.29, 0.717) is 5.56 Å². The van der Waals surface area contributed by atoms with Gasteiger partial charge in [-0.1, -0.05) is 36.4 Å². The molecule has 2 aliphatic heterocycles. The number of benzene rings is 3. The van der Waals surface area contributed by atoms with Crippen LogP contribution < -0.4 is 10.9 Å². The fourth-order valence-electron chi connectivity index (χ4n) is 5.33. The Morgan fingerprint density at radius 2 is 1.03 bits per heavy atom. The van der Waals surface area contributed by atoms with Crippen LogP contribution in [0.25, 0.3) is 27.5 Å². The van der Waals surface area contributed by atoms with E-state index >= 15 is 0 Å². The summed E-state index contributed by atoms with van der Waals surface area (Å²) in [5, 5.41) is 12.0. The van der Waals surface area contributed by atoms with E-state index in [0.717, 1.165) is 38.4 Å². The molecule has 3 heterocycles. The van der Waals surface area contributed by atoms with E-state index in [9.17, 15) is 5.26 Å². The highest BCUT2D eigenvalue weighted by Gasteiger charge is 2.53. The predicted octanol–water partition coefficient (Wildman–Crippen LogP) is 5.25. The molecule has 8 heteroatoms. The van der Waals surface area contributed by atoms with Crippen molar-refractivity contribution in [2.75, 3.05) is 0 Å². The second-order valence-electron chi connectivity index (χ2n) is 12.7. The van der Waals surface area contributed by atoms with Gasteiger partial charge in [0.2, 0.25) is 0 Å². The Morgan fingerprint density at radius 3 is 1.44 bits per heavy atom. The van der Waals surface area contributed by atoms with Crippen molar-refractivity contribution < 1.29 is 18.6 Å². The Balaban J connectivity index is 1.56. The average Bonchev–Trinajstić information content (AvgIpc) is 3.40. The highest BCUT2D eigenvalue weighted by molar-refractivity contribution is 6.63. The van der Waals surface area contributed by atoms with Crippen molar-refractivity contribution >= 4 is 47.0 Å². The molecular weight excluding hydrogens is 486 g/mol. The molecule has 0 aliphatic carbocycles. The molecule has 1 aromatic heterocycles. The molecule has 0 radical (unpaired) electrons. The fraction of sp³-hybridized carbons (Fsp3) is 0.387. The van der Waals surface area contributed by atoms with Gasteiger partial charge in [0.05, 0.1) is 44.7 Å². The maximum atomic E-state index is 9.90. The average molecular weight is 520 g/mol. The summed E-state index contributed by atoms with van der Waals surface area (Å²) in [6.07, 6.45) is 0. The van der Waals surface area contributed by atoms with Gasteiger partial charge in [-0.15, -0.1) is 0 Å². The van der Waals surface area contributed by atoms with Gasteiger partial charge in [0.25, 0.3) is 0 Å². The van der Waals surface area contributed by atoms with Crippen LogP contribution >= 0.6 is 0 Å². The van der Waals surface area contributed by atoms with Crippen molar-refractivity contribution in [2.24, 2.45) is 0 Å². The van der Waals surface area contributed by atoms with Crippen LogP contribution in [0.15, 0.2) is 60.7 Å². The maximum Gasteiger partial charge on any atom is 0.494 e. The number of nitrogens with zero attached hydrogens (tertiary/aromatic N) is 2. The van der Waals surface area contributed by atoms with Gasteiger partial charge in [-0.2, -0.15) is 5.26 Å². The zero-order valence-corrected chi connectivity index (χ0v) is 24.0. The second kappa shape index (κ2) is 8.46. The molecule has 2 fully saturated rings. The van der Waals surface area contributed by atoms with Gasteiger partial charge in [0.15, 0.2) is 0 Å². The summed E-state index contributed by atoms with van der Waals surface area (Å²) in [5.41, 5.74) is 3.62. The van der Waals surface area contributed by atoms with E-state index in [2.05, 4.69) is 102 Å². The first-order valence-corrected chi connectivity index (χ1v) is 13.5. The lowest BCUT2D eigenvalue weighted by atomic mass is 9.77. The molecule has 6 nitrogen and oxygen atoms in total. The van der Waals surface area contributed by atoms with Gasteiger partial charge in [-0.3, -0.25) is 0 Å². The SMILES string of the molecule is CC1(C)OB(c2ccc3c(c2)c2cc(B4OC(C)(C)C(C)(C)O4)ccc2n3-c2ccccc2C#N)OC1(C)C. The molecule has 6 rings (SSSR count). The number of para-hydroxylation sites is 1. The van der Waals surface area contributed by atoms with Gasteiger partial charge in [0.1, 0.15) is 6.07 Å². The molecule has 0 spiro atoms. The minimum Gasteiger partial charge on any atom is -0.399 e. The van der Waals surface area contributed by atoms with Crippen LogP contribution in [0.1, 0.15) is 61.0 Å². The van der Waals surface area contributed by atoms with Crippen molar-refractivity contribution in [3.63, 3.8) is 0 Å². The molecule has 0 bridgehead atoms. The molecule has 0 amide bonds. The molecule has 2 saturated heterocycles. The fourth-order valence-corrected chi connectivity index (χ4v) is 5.33. The zero-order chi connectivity index (χ0) is 28.0. The molecule has 0 atom stereocenters. The van der Waals surface area contributed by atoms with Crippen molar-refractivity contribution in [3.05, 3.63) is 66.2 Å². The summed E-state index contributed by atoms with van der Waals surface area (Å²) in [5.74, 6) is 0. The van der Waals surface area contributed by atoms with Crippen molar-refractivity contribution in [3.8, 4) is 11.8 Å². The lowest BCUT2D eigenvalue weighted by molar-refractivity contribution is 0.00578. The largest absolute Gasteiger partial charge is 0.494 e. The van der Waals surface area contributed by atoms with Gasteiger partial charge >= 0.3 is 14.2 Å². The van der Waals surface area contributed by atoms with Crippen LogP contribution in [0.2, 0.25) is 0 Å². The third-order valence-electron chi connectivity index (χ3n) is 9.13. The highest BCUT2D eigenvalue weighted by Crippen LogP contribution is 2.39. The summed E-state index contributed by atoms with van der Waals surface area (Å²) in [6.45, 7) is 16.5. The van der Waals surface area contributed by atoms with Gasteiger partial charge in [-0.05, 0) is 90.6 Å². The maximum absolute atomic E-state index is 9.90. The van der Waals surface area contributed by atoms with Crippen LogP contribution in [-0.2, 0) is 18.6 Å². The minimum absolute atomic E-state index is 0.434. The van der Waals surface area contributed by atoms with E-state index in [1.54, 1.807) is 0 Å². The normalized spacial score (nSPS) is 21.1. The number of nitriles is 1. The molecule has 198 valence electrons. The van der Waals surface area contributed by atoms with Crippen LogP contribution in [0, 0.1) is 11.3 Å². The van der Waals surface area contributed by atoms with E-state index < -0.39 is 36.6 Å². The summed E-state index contributed by atoms with van der Waals surface area (Å²) < 4.78 is 27.7. The number of fused-ring (bicyclic) bond motifs is 3. The lowest BCUT2D eigenvalue weighted by Crippen LogP contribution is -2.41. The zero-order valence-electron chi connectivity index (χ0n) is 24.0. The molecule has 39 heavy (non-hydrogen) atoms. The summed E-state index contributed by atoms with van der Waals surface area (Å²) in [4.78, 5) is 0. The minimum atomic E-state index is -0.476. The Bertz CT molecular complexity index is 1540. The highest BCUT2D eigenvalue weighted by atomic mass is 16.7. The van der Waals surface area contributed by atoms with Crippen LogP contribution in [0.4, 0.5) is 0 Å². The van der Waals surface area contributed by atoms with E-state index in [1.807, 2.05) is 24.3 Å². The van der Waals surface area contributed by atoms with E-state index in [1.165, 1.54) is 0 Å². The first kappa shape index (κ1) is 26.2. The predicted molar refractivity (Wildman–Crippen MR) is 157 cm³/mol. The lowest BCUT2D eigenvalue weighted by Gasteiger charge is -2.32. The van der Waals surface area contributed by atoms with Crippen molar-refractivity contribution in [1.82, 2.24) is 4.57 Å². The quantitative estimate of drug-likeness (QED) is 0.346. The van der Waals surface area contributed by atoms with Crippen molar-refractivity contribution in [1.29, 1.82) is 5.26 Å². The van der Waals surface area contributed by atoms with Crippen LogP contribution in [0.3, 0.4) is 0 Å². The third-order valence-corrected chi connectivity index (χ3v) is 9.13. The first-order valence-electron chi connectivity index (χ1n) is 13.5. The smallest absolute Gasteiger partial charge is 0.399 e. The molecule has 2 aliphatic rings. The molecule has 4 aromatic rings. The Labute approximate surface area is 231 Å². The topological polar surface area (TPSA) is 65.6 Å². The number of aromatic nitrogens is 1. The van der Waals surface area contributed by atoms with Gasteiger partial charge in [0, 0.05) is 10.8 Å². The van der Waals surface area contributed by atoms with Crippen molar-refractivity contribution in [2.45, 2.75) is 77.8 Å². The first-order chi connectivity index (χ1) is 18.2. The second-order valence-corrected chi connectivity index (χ2v) is 12.7. The number of hydrogen-bond acceptors (Lipinski definition) is 5. The molecule has 3 aromatic carbocycles. The Hall–Kier alpha value is -3.08. The molecule has 0 saturated carbocycles. The standard InChI is InChI=1S/C31H34B2N2O4/c1-28(2)29(3,4)37-32(36-28)21-13-15-26-23(17-21)24-18-22(33-38-30(5,6)31(7,8)39-33)14-16-27(24)35(26)25-12-10-9-11-20(25)19-34/h9-18H,1-8H3. The van der Waals surface area contributed by atoms with Gasteiger partial charge < -0.3 is 23.2 Å². The van der Waals surface area contributed by atoms with Crippen LogP contribution in [-0.4, -0.2) is 41.2 Å².